The summed E-state index contributed by atoms with van der Waals surface area (Å²) < 4.78 is 11.6. The Morgan fingerprint density at radius 2 is 0.660 bits per heavy atom. The van der Waals surface area contributed by atoms with Crippen LogP contribution in [0.25, 0.3) is 0 Å². The van der Waals surface area contributed by atoms with E-state index in [1.807, 2.05) is 21.2 Å². The van der Waals surface area contributed by atoms with Crippen molar-refractivity contribution in [2.75, 3.05) is 0 Å². The van der Waals surface area contributed by atoms with Gasteiger partial charge in [-0.1, -0.05) is 0 Å². The van der Waals surface area contributed by atoms with Crippen LogP contribution in [0.1, 0.15) is 101 Å². The van der Waals surface area contributed by atoms with Crippen LogP contribution in [-0.4, -0.2) is 7.50 Å². The van der Waals surface area contributed by atoms with Crippen molar-refractivity contribution in [3.63, 3.8) is 0 Å². The van der Waals surface area contributed by atoms with E-state index in [1.165, 1.54) is 113 Å². The van der Waals surface area contributed by atoms with E-state index >= 15 is 0 Å². The number of fused-ring (bicyclic) bond motifs is 10. The van der Waals surface area contributed by atoms with Crippen LogP contribution in [0.4, 0.5) is 0 Å². The zero-order chi connectivity index (χ0) is 35.5. The third-order valence-corrected chi connectivity index (χ3v) is 109. The van der Waals surface area contributed by atoms with Gasteiger partial charge in [0.1, 0.15) is 0 Å². The molecule has 14 rings (SSSR count). The van der Waals surface area contributed by atoms with Crippen LogP contribution in [-0.2, 0) is 33.4 Å². The molecule has 3 heteroatoms. The third kappa shape index (κ3) is 1.20. The van der Waals surface area contributed by atoms with Gasteiger partial charge in [-0.25, -0.2) is 0 Å². The Labute approximate surface area is 310 Å². The molecule has 0 aromatic heterocycles. The normalized spacial score (nSPS) is 47.7. The quantitative estimate of drug-likeness (QED) is 0.0693. The summed E-state index contributed by atoms with van der Waals surface area (Å²) in [6, 6.07) is 40.9. The first-order chi connectivity index (χ1) is 25.9. The number of unbranched alkanes of at least 4 members (excludes halogenated alkanes) is 4. The predicted molar refractivity (Wildman–Crippen MR) is 228 cm³/mol. The molecule has 0 saturated carbocycles. The van der Waals surface area contributed by atoms with Crippen molar-refractivity contribution < 1.29 is 7.72 Å². The Morgan fingerprint density at radius 1 is 0.396 bits per heavy atom. The average molecular weight is 824 g/mol. The van der Waals surface area contributed by atoms with E-state index in [4.69, 9.17) is 0 Å². The molecule has 10 saturated heterocycles. The Balaban J connectivity index is 1.08. The Kier molecular flexibility index (Phi) is 3.86. The maximum absolute atomic E-state index is 4.51. The summed E-state index contributed by atoms with van der Waals surface area (Å²) in [4.78, 5) is 0. The molecule has 0 radical (unpaired) electrons. The van der Waals surface area contributed by atoms with Crippen molar-refractivity contribution in [3.8, 4) is 0 Å². The molecule has 1 spiro atoms. The van der Waals surface area contributed by atoms with Crippen molar-refractivity contribution in [1.29, 1.82) is 0 Å². The second kappa shape index (κ2) is 6.50. The van der Waals surface area contributed by atoms with Gasteiger partial charge in [0, 0.05) is 0 Å². The zero-order valence-electron chi connectivity index (χ0n) is 32.6. The molecule has 4 aromatic carbocycles. The van der Waals surface area contributed by atoms with E-state index < -0.39 is 23.6 Å². The first-order valence-corrected chi connectivity index (χ1v) is 34.5. The summed E-state index contributed by atoms with van der Waals surface area (Å²) in [7, 11) is -5.35. The zero-order valence-corrected chi connectivity index (χ0v) is 36.1. The van der Waals surface area contributed by atoms with E-state index in [0.29, 0.717) is 7.50 Å². The van der Waals surface area contributed by atoms with E-state index in [9.17, 15) is 0 Å². The molecule has 10 aliphatic heterocycles. The molecule has 0 amide bonds. The van der Waals surface area contributed by atoms with Gasteiger partial charge >= 0.3 is 312 Å². The Morgan fingerprint density at radius 3 is 0.887 bits per heavy atom. The van der Waals surface area contributed by atoms with Crippen LogP contribution in [0.3, 0.4) is 0 Å². The minimum atomic E-state index is -4.51. The topological polar surface area (TPSA) is 0 Å². The number of rotatable bonds is 18. The van der Waals surface area contributed by atoms with Gasteiger partial charge in [-0.3, -0.25) is 0 Å². The molecule has 278 valence electrons. The number of hydrogen-bond acceptors (Lipinski definition) is 0. The summed E-state index contributed by atoms with van der Waals surface area (Å²) in [5, 5.41) is 7.52. The first-order valence-electron chi connectivity index (χ1n) is 22.0. The van der Waals surface area contributed by atoms with Gasteiger partial charge in [-0.05, 0) is 0 Å². The fraction of sp³-hybridized carbons (Fsp3) is 0.520. The van der Waals surface area contributed by atoms with Crippen molar-refractivity contribution in [1.82, 2.24) is 0 Å². The predicted octanol–water partition coefficient (Wildman–Crippen LogP) is 12.8. The van der Waals surface area contributed by atoms with Gasteiger partial charge in [-0.2, -0.15) is 0 Å². The summed E-state index contributed by atoms with van der Waals surface area (Å²) in [6.07, 6.45) is 15.5. The van der Waals surface area contributed by atoms with Gasteiger partial charge < -0.3 is 0 Å². The first kappa shape index (κ1) is 31.4. The van der Waals surface area contributed by atoms with Crippen molar-refractivity contribution in [3.05, 3.63) is 119 Å². The summed E-state index contributed by atoms with van der Waals surface area (Å²) >= 11 is 0. The van der Waals surface area contributed by atoms with Crippen LogP contribution in [0.2, 0.25) is 36.1 Å². The van der Waals surface area contributed by atoms with Crippen molar-refractivity contribution in [2.24, 2.45) is 0 Å². The van der Waals surface area contributed by atoms with Crippen molar-refractivity contribution >= 4 is 37.1 Å². The minimum absolute atomic E-state index is 0.422. The van der Waals surface area contributed by atoms with Crippen LogP contribution in [0.15, 0.2) is 97.1 Å². The molecule has 0 N–H and O–H groups in total. The molecule has 0 bridgehead atoms. The molecule has 10 heterocycles. The fourth-order valence-corrected chi connectivity index (χ4v) is 199. The fourth-order valence-electron chi connectivity index (χ4n) is 23.8. The molecular formula is C50H60P2Ru. The Bertz CT molecular complexity index is 2330. The third-order valence-electron chi connectivity index (χ3n) is 23.5. The van der Waals surface area contributed by atoms with E-state index in [-0.39, 0.29) is 0 Å². The van der Waals surface area contributed by atoms with Gasteiger partial charge in [0.25, 0.3) is 0 Å². The van der Waals surface area contributed by atoms with Gasteiger partial charge in [0.2, 0.25) is 0 Å². The Hall–Kier alpha value is -1.64. The molecule has 4 aromatic rings. The number of hydrogen-bond donors (Lipinski definition) is 0. The summed E-state index contributed by atoms with van der Waals surface area (Å²) in [6.45, 7) is 9.63. The standard InChI is InChI=1S/C45H55P2.C5H5.Ru/c1-5-9-22-36-26-13-17-30-40(36)46(41-31-18-14-27-37(41)23-10-6-2)44-34-21-35-45(44)47(42-32-19-15-28-38(42)24-11-7-3)43-33-20-16-29-39(43)25-12-8-4;1-2-4-5-3-1;/h13-21,26-35H,5-12,22-25H2,1-4H3;1-5H;. The van der Waals surface area contributed by atoms with Gasteiger partial charge in [0.15, 0.2) is 0 Å². The molecular weight excluding hydrogens is 764 g/mol. The number of benzene rings is 4. The molecule has 53 heavy (non-hydrogen) atoms. The van der Waals surface area contributed by atoms with E-state index in [1.54, 1.807) is 22.3 Å². The number of aryl methyl sites for hydroxylation is 4. The van der Waals surface area contributed by atoms with Crippen LogP contribution in [0, 0.1) is 0 Å². The average Bonchev–Trinajstić information content (AvgIpc) is 4.16. The van der Waals surface area contributed by atoms with Crippen LogP contribution < -0.4 is 21.2 Å². The van der Waals surface area contributed by atoms with Gasteiger partial charge in [-0.15, -0.1) is 0 Å². The molecule has 4 atom stereocenters. The monoisotopic (exact) mass is 824 g/mol. The van der Waals surface area contributed by atoms with E-state index in [0.717, 1.165) is 0 Å². The SMILES string of the molecule is CCCCc1ccccc1P(c1ccccc1CCCC)[C]12[CH]3[CH]4[CH]5[C]1(P(c1ccccc1CCCC)c1ccccc1CCCC)[Ru]43521678[CH]2[CH]1[CH]6[CH]7[CH]28. The van der Waals surface area contributed by atoms with Crippen LogP contribution in [0.5, 0.6) is 0 Å². The van der Waals surface area contributed by atoms with Crippen molar-refractivity contribution in [2.45, 2.75) is 148 Å². The molecule has 10 fully saturated rings. The second-order valence-electron chi connectivity index (χ2n) is 21.3. The maximum atomic E-state index is 2.74. The van der Waals surface area contributed by atoms with Gasteiger partial charge in [0.05, 0.1) is 0 Å². The summed E-state index contributed by atoms with van der Waals surface area (Å²) in [5.74, 6) is 0. The summed E-state index contributed by atoms with van der Waals surface area (Å²) in [5.41, 5.74) is 6.99. The van der Waals surface area contributed by atoms with E-state index in [2.05, 4.69) is 125 Å². The molecule has 0 aliphatic carbocycles. The second-order valence-corrected chi connectivity index (χ2v) is 63.8. The molecule has 10 aliphatic rings. The molecule has 0 nitrogen and oxygen atoms in total. The molecule has 4 unspecified atom stereocenters. The van der Waals surface area contributed by atoms with Crippen LogP contribution >= 0.6 is 15.8 Å².